The minimum atomic E-state index is -0.784. The number of alkyl halides is 1. The smallest absolute Gasteiger partial charge is 0.117 e. The average Bonchev–Trinajstić information content (AvgIpc) is 2.33. The summed E-state index contributed by atoms with van der Waals surface area (Å²) in [6, 6.07) is 0. The molecule has 12 heavy (non-hydrogen) atoms. The lowest BCUT2D eigenvalue weighted by molar-refractivity contribution is 0.0930. The minimum absolute atomic E-state index is 0.497. The molecule has 0 aliphatic carbocycles. The third-order valence-corrected chi connectivity index (χ3v) is 3.01. The second-order valence-electron chi connectivity index (χ2n) is 3.07. The number of hydrogen-bond acceptors (Lipinski definition) is 3. The Morgan fingerprint density at radius 1 is 1.42 bits per heavy atom. The highest BCUT2D eigenvalue weighted by Gasteiger charge is 2.12. The summed E-state index contributed by atoms with van der Waals surface area (Å²) in [5.41, 5.74) is 0. The van der Waals surface area contributed by atoms with Crippen LogP contribution in [-0.4, -0.2) is 53.9 Å². The van der Waals surface area contributed by atoms with E-state index >= 15 is 0 Å². The standard InChI is InChI=1S/C8H16FNOS/c9-6-8(11)7-10-2-1-4-12-5-3-10/h8,11H,1-7H2. The monoisotopic (exact) mass is 193 g/mol. The summed E-state index contributed by atoms with van der Waals surface area (Å²) in [6.07, 6.45) is 0.372. The molecule has 1 aliphatic rings. The van der Waals surface area contributed by atoms with E-state index in [-0.39, 0.29) is 0 Å². The van der Waals surface area contributed by atoms with Gasteiger partial charge in [-0.2, -0.15) is 11.8 Å². The van der Waals surface area contributed by atoms with Gasteiger partial charge in [-0.25, -0.2) is 4.39 Å². The molecule has 0 aromatic rings. The Morgan fingerprint density at radius 2 is 2.25 bits per heavy atom. The molecule has 0 saturated carbocycles. The first kappa shape index (κ1) is 10.3. The van der Waals surface area contributed by atoms with Crippen LogP contribution in [0, 0.1) is 0 Å². The van der Waals surface area contributed by atoms with Crippen LogP contribution in [0.4, 0.5) is 4.39 Å². The molecule has 1 unspecified atom stereocenters. The third-order valence-electron chi connectivity index (χ3n) is 1.96. The van der Waals surface area contributed by atoms with E-state index in [4.69, 9.17) is 5.11 Å². The highest BCUT2D eigenvalue weighted by molar-refractivity contribution is 7.99. The summed E-state index contributed by atoms with van der Waals surface area (Å²) in [5.74, 6) is 2.31. The minimum Gasteiger partial charge on any atom is -0.389 e. The van der Waals surface area contributed by atoms with E-state index in [0.717, 1.165) is 25.3 Å². The van der Waals surface area contributed by atoms with Crippen LogP contribution in [0.5, 0.6) is 0 Å². The summed E-state index contributed by atoms with van der Waals surface area (Å²) in [7, 11) is 0. The molecule has 1 rings (SSSR count). The van der Waals surface area contributed by atoms with Crippen molar-refractivity contribution in [1.82, 2.24) is 4.90 Å². The van der Waals surface area contributed by atoms with Gasteiger partial charge < -0.3 is 5.11 Å². The summed E-state index contributed by atoms with van der Waals surface area (Å²) >= 11 is 1.94. The van der Waals surface area contributed by atoms with Crippen molar-refractivity contribution in [3.05, 3.63) is 0 Å². The van der Waals surface area contributed by atoms with Gasteiger partial charge in [-0.05, 0) is 18.7 Å². The van der Waals surface area contributed by atoms with Crippen LogP contribution in [0.15, 0.2) is 0 Å². The van der Waals surface area contributed by atoms with Crippen molar-refractivity contribution in [1.29, 1.82) is 0 Å². The van der Waals surface area contributed by atoms with Crippen LogP contribution in [0.3, 0.4) is 0 Å². The molecule has 0 spiro atoms. The van der Waals surface area contributed by atoms with Crippen molar-refractivity contribution in [3.8, 4) is 0 Å². The molecule has 1 atom stereocenters. The number of aliphatic hydroxyl groups excluding tert-OH is 1. The Labute approximate surface area is 77.1 Å². The highest BCUT2D eigenvalue weighted by atomic mass is 32.2. The van der Waals surface area contributed by atoms with Crippen LogP contribution in [0.25, 0.3) is 0 Å². The highest BCUT2D eigenvalue weighted by Crippen LogP contribution is 2.10. The molecule has 0 aromatic carbocycles. The topological polar surface area (TPSA) is 23.5 Å². The van der Waals surface area contributed by atoms with Gasteiger partial charge in [0.05, 0.1) is 6.10 Å². The number of aliphatic hydroxyl groups is 1. The van der Waals surface area contributed by atoms with Gasteiger partial charge in [0.1, 0.15) is 6.67 Å². The quantitative estimate of drug-likeness (QED) is 0.715. The summed E-state index contributed by atoms with van der Waals surface area (Å²) < 4.78 is 12.0. The lowest BCUT2D eigenvalue weighted by atomic mass is 10.3. The molecule has 1 fully saturated rings. The number of halogens is 1. The zero-order chi connectivity index (χ0) is 8.81. The van der Waals surface area contributed by atoms with Crippen molar-refractivity contribution in [3.63, 3.8) is 0 Å². The molecule has 1 saturated heterocycles. The van der Waals surface area contributed by atoms with Gasteiger partial charge in [0, 0.05) is 18.8 Å². The van der Waals surface area contributed by atoms with Crippen molar-refractivity contribution >= 4 is 11.8 Å². The maximum absolute atomic E-state index is 12.0. The number of β-amino-alcohol motifs (C(OH)–C–C–N with tert-alkyl or cyclic N) is 1. The first-order valence-corrected chi connectivity index (χ1v) is 5.52. The maximum atomic E-state index is 12.0. The molecular weight excluding hydrogens is 177 g/mol. The Bertz CT molecular complexity index is 118. The number of nitrogens with zero attached hydrogens (tertiary/aromatic N) is 1. The molecule has 1 aliphatic heterocycles. The lowest BCUT2D eigenvalue weighted by Gasteiger charge is -2.21. The van der Waals surface area contributed by atoms with E-state index in [1.54, 1.807) is 0 Å². The van der Waals surface area contributed by atoms with Crippen LogP contribution in [-0.2, 0) is 0 Å². The third kappa shape index (κ3) is 3.74. The van der Waals surface area contributed by atoms with Gasteiger partial charge in [0.2, 0.25) is 0 Å². The van der Waals surface area contributed by atoms with Crippen LogP contribution < -0.4 is 0 Å². The summed E-state index contributed by atoms with van der Waals surface area (Å²) in [4.78, 5) is 2.14. The van der Waals surface area contributed by atoms with E-state index in [1.165, 1.54) is 5.75 Å². The second-order valence-corrected chi connectivity index (χ2v) is 4.30. The van der Waals surface area contributed by atoms with E-state index < -0.39 is 12.8 Å². The molecule has 2 nitrogen and oxygen atoms in total. The lowest BCUT2D eigenvalue weighted by Crippen LogP contribution is -2.35. The zero-order valence-electron chi connectivity index (χ0n) is 7.21. The summed E-state index contributed by atoms with van der Waals surface area (Å²) in [5, 5.41) is 9.08. The Hall–Kier alpha value is 0.200. The fraction of sp³-hybridized carbons (Fsp3) is 1.00. The van der Waals surface area contributed by atoms with Crippen molar-refractivity contribution in [2.24, 2.45) is 0 Å². The second kappa shape index (κ2) is 5.78. The average molecular weight is 193 g/mol. The van der Waals surface area contributed by atoms with Gasteiger partial charge in [-0.3, -0.25) is 4.90 Å². The number of rotatable bonds is 3. The molecule has 0 radical (unpaired) electrons. The molecule has 4 heteroatoms. The molecule has 0 aromatic heterocycles. The van der Waals surface area contributed by atoms with Crippen molar-refractivity contribution in [2.75, 3.05) is 37.8 Å². The first-order chi connectivity index (χ1) is 5.83. The van der Waals surface area contributed by atoms with E-state index in [2.05, 4.69) is 4.90 Å². The van der Waals surface area contributed by atoms with Crippen molar-refractivity contribution in [2.45, 2.75) is 12.5 Å². The van der Waals surface area contributed by atoms with Gasteiger partial charge >= 0.3 is 0 Å². The van der Waals surface area contributed by atoms with Gasteiger partial charge in [0.25, 0.3) is 0 Å². The molecule has 0 bridgehead atoms. The number of thioether (sulfide) groups is 1. The van der Waals surface area contributed by atoms with Crippen LogP contribution in [0.1, 0.15) is 6.42 Å². The van der Waals surface area contributed by atoms with Crippen LogP contribution >= 0.6 is 11.8 Å². The van der Waals surface area contributed by atoms with E-state index in [1.807, 2.05) is 11.8 Å². The predicted octanol–water partition coefficient (Wildman–Crippen LogP) is 0.756. The van der Waals surface area contributed by atoms with E-state index in [0.29, 0.717) is 6.54 Å². The zero-order valence-corrected chi connectivity index (χ0v) is 8.02. The normalized spacial score (nSPS) is 23.5. The van der Waals surface area contributed by atoms with Gasteiger partial charge in [-0.15, -0.1) is 0 Å². The molecular formula is C8H16FNOS. The Balaban J connectivity index is 2.20. The molecule has 0 amide bonds. The molecule has 1 N–H and O–H groups in total. The first-order valence-electron chi connectivity index (χ1n) is 4.37. The largest absolute Gasteiger partial charge is 0.389 e. The van der Waals surface area contributed by atoms with E-state index in [9.17, 15) is 4.39 Å². The molecule has 1 heterocycles. The molecule has 72 valence electrons. The number of hydrogen-bond donors (Lipinski definition) is 1. The maximum Gasteiger partial charge on any atom is 0.117 e. The SMILES string of the molecule is OC(CF)CN1CCCSCC1. The van der Waals surface area contributed by atoms with Crippen LogP contribution in [0.2, 0.25) is 0 Å². The van der Waals surface area contributed by atoms with Gasteiger partial charge in [0.15, 0.2) is 0 Å². The predicted molar refractivity (Wildman–Crippen MR) is 50.4 cm³/mol. The Kier molecular flexibility index (Phi) is 4.95. The van der Waals surface area contributed by atoms with Crippen molar-refractivity contribution < 1.29 is 9.50 Å². The fourth-order valence-electron chi connectivity index (χ4n) is 1.33. The fourth-order valence-corrected chi connectivity index (χ4v) is 2.25. The Morgan fingerprint density at radius 3 is 3.00 bits per heavy atom. The van der Waals surface area contributed by atoms with Gasteiger partial charge in [-0.1, -0.05) is 0 Å². The summed E-state index contributed by atoms with van der Waals surface area (Å²) in [6.45, 7) is 1.87.